The Balaban J connectivity index is 2.85. The molecule has 0 heterocycles. The van der Waals surface area contributed by atoms with E-state index in [0.717, 1.165) is 18.2 Å². The highest BCUT2D eigenvalue weighted by molar-refractivity contribution is 6.17. The molecule has 5 nitrogen and oxygen atoms in total. The molecule has 0 aliphatic rings. The Hall–Kier alpha value is -1.69. The summed E-state index contributed by atoms with van der Waals surface area (Å²) in [7, 11) is 0. The molecule has 0 aliphatic heterocycles. The summed E-state index contributed by atoms with van der Waals surface area (Å²) in [6.45, 7) is 1.88. The number of rotatable bonds is 6. The van der Waals surface area contributed by atoms with Crippen LogP contribution in [0.4, 0.5) is 10.1 Å². The number of non-ortho nitro benzene ring substituents is 1. The minimum atomic E-state index is -0.910. The van der Waals surface area contributed by atoms with Crippen LogP contribution in [0.2, 0.25) is 0 Å². The number of halogens is 2. The molecule has 19 heavy (non-hydrogen) atoms. The van der Waals surface area contributed by atoms with Crippen LogP contribution in [0.15, 0.2) is 18.2 Å². The summed E-state index contributed by atoms with van der Waals surface area (Å²) >= 11 is 5.59. The number of benzene rings is 1. The summed E-state index contributed by atoms with van der Waals surface area (Å²) in [5.41, 5.74) is -0.597. The second-order valence-corrected chi connectivity index (χ2v) is 4.36. The molecule has 1 N–H and O–H groups in total. The van der Waals surface area contributed by atoms with Crippen molar-refractivity contribution < 1.29 is 14.1 Å². The topological polar surface area (TPSA) is 72.2 Å². The van der Waals surface area contributed by atoms with Gasteiger partial charge in [-0.15, -0.1) is 11.6 Å². The van der Waals surface area contributed by atoms with E-state index in [9.17, 15) is 19.3 Å². The van der Waals surface area contributed by atoms with Gasteiger partial charge >= 0.3 is 0 Å². The van der Waals surface area contributed by atoms with Gasteiger partial charge in [0.1, 0.15) is 5.82 Å². The summed E-state index contributed by atoms with van der Waals surface area (Å²) in [6.07, 6.45) is 1.26. The number of hydrogen-bond donors (Lipinski definition) is 1. The Labute approximate surface area is 114 Å². The predicted molar refractivity (Wildman–Crippen MR) is 69.9 cm³/mol. The number of nitro benzene ring substituents is 1. The molecule has 0 spiro atoms. The zero-order valence-electron chi connectivity index (χ0n) is 10.4. The molecule has 104 valence electrons. The summed E-state index contributed by atoms with van der Waals surface area (Å²) in [5, 5.41) is 13.1. The lowest BCUT2D eigenvalue weighted by Gasteiger charge is -2.15. The molecule has 1 rings (SSSR count). The molecule has 0 fully saturated rings. The van der Waals surface area contributed by atoms with E-state index in [1.165, 1.54) is 0 Å². The number of carbonyl (C=O) groups excluding carboxylic acids is 1. The lowest BCUT2D eigenvalue weighted by molar-refractivity contribution is -0.385. The van der Waals surface area contributed by atoms with E-state index in [0.29, 0.717) is 18.7 Å². The Morgan fingerprint density at radius 1 is 1.58 bits per heavy atom. The number of amides is 1. The molecule has 0 aromatic heterocycles. The van der Waals surface area contributed by atoms with E-state index in [4.69, 9.17) is 11.6 Å². The number of nitrogens with one attached hydrogen (secondary N) is 1. The Bertz CT molecular complexity index is 482. The average molecular weight is 289 g/mol. The van der Waals surface area contributed by atoms with Gasteiger partial charge in [0.25, 0.3) is 11.6 Å². The molecule has 1 unspecified atom stereocenters. The predicted octanol–water partition coefficient (Wildman–Crippen LogP) is 2.87. The first kappa shape index (κ1) is 15.4. The quantitative estimate of drug-likeness (QED) is 0.497. The van der Waals surface area contributed by atoms with Gasteiger partial charge in [0.2, 0.25) is 0 Å². The molecule has 0 aliphatic carbocycles. The number of nitrogens with zero attached hydrogens (tertiary/aromatic N) is 1. The molecule has 0 radical (unpaired) electrons. The van der Waals surface area contributed by atoms with Crippen molar-refractivity contribution in [3.8, 4) is 0 Å². The number of hydrogen-bond acceptors (Lipinski definition) is 3. The Morgan fingerprint density at radius 2 is 2.26 bits per heavy atom. The highest BCUT2D eigenvalue weighted by Gasteiger charge is 2.18. The van der Waals surface area contributed by atoms with Crippen molar-refractivity contribution in [3.63, 3.8) is 0 Å². The van der Waals surface area contributed by atoms with Crippen molar-refractivity contribution in [1.29, 1.82) is 0 Å². The Kier molecular flexibility index (Phi) is 5.69. The van der Waals surface area contributed by atoms with Crippen LogP contribution in [0.25, 0.3) is 0 Å². The van der Waals surface area contributed by atoms with Crippen molar-refractivity contribution in [2.24, 2.45) is 0 Å². The van der Waals surface area contributed by atoms with Crippen LogP contribution in [0.1, 0.15) is 30.1 Å². The summed E-state index contributed by atoms with van der Waals surface area (Å²) in [5.74, 6) is -1.11. The molecule has 0 saturated heterocycles. The van der Waals surface area contributed by atoms with Gasteiger partial charge in [0.15, 0.2) is 0 Å². The number of alkyl halides is 1. The average Bonchev–Trinajstić information content (AvgIpc) is 2.37. The van der Waals surface area contributed by atoms with Gasteiger partial charge in [-0.05, 0) is 18.9 Å². The van der Waals surface area contributed by atoms with Crippen LogP contribution in [0, 0.1) is 15.9 Å². The second-order valence-electron chi connectivity index (χ2n) is 3.98. The third-order valence-corrected chi connectivity index (χ3v) is 2.91. The SMILES string of the molecule is CCC(CCCl)NC(=O)c1ccc([N+](=O)[O-])cc1F. The fourth-order valence-corrected chi connectivity index (χ4v) is 1.84. The largest absolute Gasteiger partial charge is 0.349 e. The smallest absolute Gasteiger partial charge is 0.272 e. The number of nitro groups is 1. The van der Waals surface area contributed by atoms with Gasteiger partial charge < -0.3 is 5.32 Å². The summed E-state index contributed by atoms with van der Waals surface area (Å²) in [6, 6.07) is 2.80. The molecule has 0 saturated carbocycles. The first-order chi connectivity index (χ1) is 8.99. The van der Waals surface area contributed by atoms with Crippen molar-refractivity contribution in [2.75, 3.05) is 5.88 Å². The Morgan fingerprint density at radius 3 is 2.74 bits per heavy atom. The zero-order valence-corrected chi connectivity index (χ0v) is 11.1. The minimum Gasteiger partial charge on any atom is -0.349 e. The molecule has 0 bridgehead atoms. The van der Waals surface area contributed by atoms with E-state index in [1.807, 2.05) is 6.92 Å². The first-order valence-corrected chi connectivity index (χ1v) is 6.33. The lowest BCUT2D eigenvalue weighted by Crippen LogP contribution is -2.35. The molecule has 1 amide bonds. The van der Waals surface area contributed by atoms with E-state index >= 15 is 0 Å². The maximum absolute atomic E-state index is 13.6. The van der Waals surface area contributed by atoms with E-state index in [1.54, 1.807) is 0 Å². The van der Waals surface area contributed by atoms with Crippen LogP contribution < -0.4 is 5.32 Å². The third kappa shape index (κ3) is 4.17. The fraction of sp³-hybridized carbons (Fsp3) is 0.417. The van der Waals surface area contributed by atoms with Crippen LogP contribution >= 0.6 is 11.6 Å². The maximum Gasteiger partial charge on any atom is 0.272 e. The van der Waals surface area contributed by atoms with Gasteiger partial charge in [-0.25, -0.2) is 4.39 Å². The van der Waals surface area contributed by atoms with Gasteiger partial charge in [-0.3, -0.25) is 14.9 Å². The van der Waals surface area contributed by atoms with Crippen LogP contribution in [-0.2, 0) is 0 Å². The zero-order chi connectivity index (χ0) is 14.4. The van der Waals surface area contributed by atoms with Crippen molar-refractivity contribution >= 4 is 23.2 Å². The maximum atomic E-state index is 13.6. The molecule has 1 aromatic rings. The van der Waals surface area contributed by atoms with Crippen molar-refractivity contribution in [1.82, 2.24) is 5.32 Å². The van der Waals surface area contributed by atoms with E-state index in [-0.39, 0.29) is 17.3 Å². The van der Waals surface area contributed by atoms with Gasteiger partial charge in [-0.2, -0.15) is 0 Å². The lowest BCUT2D eigenvalue weighted by atomic mass is 10.1. The molecule has 7 heteroatoms. The summed E-state index contributed by atoms with van der Waals surface area (Å²) < 4.78 is 13.6. The highest BCUT2D eigenvalue weighted by Crippen LogP contribution is 2.16. The normalized spacial score (nSPS) is 11.9. The van der Waals surface area contributed by atoms with E-state index in [2.05, 4.69) is 5.32 Å². The van der Waals surface area contributed by atoms with Crippen LogP contribution in [0.3, 0.4) is 0 Å². The first-order valence-electron chi connectivity index (χ1n) is 5.80. The second kappa shape index (κ2) is 7.04. The summed E-state index contributed by atoms with van der Waals surface area (Å²) in [4.78, 5) is 21.6. The van der Waals surface area contributed by atoms with Crippen molar-refractivity contribution in [3.05, 3.63) is 39.7 Å². The standard InChI is InChI=1S/C12H14ClFN2O3/c1-2-8(5-6-13)15-12(17)10-4-3-9(16(18)19)7-11(10)14/h3-4,7-8H,2,5-6H2,1H3,(H,15,17). The molecule has 1 aromatic carbocycles. The molecule has 1 atom stereocenters. The third-order valence-electron chi connectivity index (χ3n) is 2.69. The monoisotopic (exact) mass is 288 g/mol. The van der Waals surface area contributed by atoms with E-state index < -0.39 is 16.6 Å². The number of carbonyl (C=O) groups is 1. The molecular weight excluding hydrogens is 275 g/mol. The highest BCUT2D eigenvalue weighted by atomic mass is 35.5. The minimum absolute atomic E-state index is 0.139. The van der Waals surface area contributed by atoms with Gasteiger partial charge in [-0.1, -0.05) is 6.92 Å². The molecular formula is C12H14ClFN2O3. The van der Waals surface area contributed by atoms with Crippen LogP contribution in [-0.4, -0.2) is 22.8 Å². The van der Waals surface area contributed by atoms with Gasteiger partial charge in [0, 0.05) is 18.0 Å². The van der Waals surface area contributed by atoms with Gasteiger partial charge in [0.05, 0.1) is 16.6 Å². The fourth-order valence-electron chi connectivity index (χ4n) is 1.57. The van der Waals surface area contributed by atoms with Crippen molar-refractivity contribution in [2.45, 2.75) is 25.8 Å². The van der Waals surface area contributed by atoms with Crippen LogP contribution in [0.5, 0.6) is 0 Å².